The molecule has 0 radical (unpaired) electrons. The Balaban J connectivity index is 1.11. The molecular formula is C24H29ClN2O3. The van der Waals surface area contributed by atoms with Crippen molar-refractivity contribution in [2.24, 2.45) is 5.92 Å². The van der Waals surface area contributed by atoms with Gasteiger partial charge in [0.15, 0.2) is 0 Å². The van der Waals surface area contributed by atoms with Crippen LogP contribution in [0.3, 0.4) is 0 Å². The van der Waals surface area contributed by atoms with Crippen LogP contribution in [0.5, 0.6) is 11.5 Å². The number of halogens is 1. The molecule has 1 saturated carbocycles. The van der Waals surface area contributed by atoms with Gasteiger partial charge in [0.1, 0.15) is 11.5 Å². The Morgan fingerprint density at radius 3 is 2.93 bits per heavy atom. The molecule has 6 heteroatoms. The molecule has 2 atom stereocenters. The summed E-state index contributed by atoms with van der Waals surface area (Å²) in [5.74, 6) is 3.03. The van der Waals surface area contributed by atoms with Crippen LogP contribution in [0.1, 0.15) is 42.7 Å². The first-order valence-electron chi connectivity index (χ1n) is 10.7. The highest BCUT2D eigenvalue weighted by Gasteiger charge is 2.39. The van der Waals surface area contributed by atoms with Gasteiger partial charge >= 0.3 is 0 Å². The molecule has 2 aromatic carbocycles. The summed E-state index contributed by atoms with van der Waals surface area (Å²) in [5.41, 5.74) is 3.30. The number of anilines is 1. The summed E-state index contributed by atoms with van der Waals surface area (Å²) in [6.45, 7) is 2.69. The van der Waals surface area contributed by atoms with Crippen molar-refractivity contribution in [2.45, 2.75) is 38.0 Å². The highest BCUT2D eigenvalue weighted by Crippen LogP contribution is 2.50. The van der Waals surface area contributed by atoms with E-state index in [2.05, 4.69) is 10.6 Å². The molecule has 1 aliphatic carbocycles. The fraction of sp³-hybridized carbons (Fsp3) is 0.458. The first kappa shape index (κ1) is 21.0. The predicted octanol–water partition coefficient (Wildman–Crippen LogP) is 4.79. The Morgan fingerprint density at radius 2 is 2.07 bits per heavy atom. The van der Waals surface area contributed by atoms with Crippen LogP contribution in [0.2, 0.25) is 5.02 Å². The number of aryl methyl sites for hydroxylation is 1. The molecule has 160 valence electrons. The van der Waals surface area contributed by atoms with Gasteiger partial charge in [0, 0.05) is 23.2 Å². The van der Waals surface area contributed by atoms with Gasteiger partial charge in [-0.3, -0.25) is 4.79 Å². The third-order valence-corrected chi connectivity index (χ3v) is 6.15. The summed E-state index contributed by atoms with van der Waals surface area (Å²) in [6, 6.07) is 11.8. The van der Waals surface area contributed by atoms with E-state index in [1.54, 1.807) is 7.11 Å². The van der Waals surface area contributed by atoms with Crippen molar-refractivity contribution in [1.82, 2.24) is 5.32 Å². The first-order valence-corrected chi connectivity index (χ1v) is 11.1. The standard InChI is InChI=1S/C24H29ClN2O3/c1-29-23-8-6-18(25)13-21(23)20-12-17(20)15-26-10-2-3-11-30-19-7-4-16-5-9-24(28)27-22(16)14-19/h4,6-8,13-14,17,20,26H,2-3,5,9-12,15H2,1H3,(H,27,28). The van der Waals surface area contributed by atoms with E-state index in [4.69, 9.17) is 21.1 Å². The number of benzene rings is 2. The molecule has 0 aromatic heterocycles. The minimum Gasteiger partial charge on any atom is -0.496 e. The van der Waals surface area contributed by atoms with Crippen molar-refractivity contribution in [3.05, 3.63) is 52.5 Å². The van der Waals surface area contributed by atoms with Gasteiger partial charge in [-0.2, -0.15) is 0 Å². The molecule has 1 aliphatic heterocycles. The van der Waals surface area contributed by atoms with Gasteiger partial charge in [-0.25, -0.2) is 0 Å². The molecule has 4 rings (SSSR count). The molecular weight excluding hydrogens is 400 g/mol. The monoisotopic (exact) mass is 428 g/mol. The Kier molecular flexibility index (Phi) is 6.80. The fourth-order valence-electron chi connectivity index (χ4n) is 4.12. The number of fused-ring (bicyclic) bond motifs is 1. The van der Waals surface area contributed by atoms with E-state index in [1.807, 2.05) is 36.4 Å². The second-order valence-electron chi connectivity index (χ2n) is 8.12. The van der Waals surface area contributed by atoms with Crippen molar-refractivity contribution in [3.8, 4) is 11.5 Å². The maximum Gasteiger partial charge on any atom is 0.224 e. The van der Waals surface area contributed by atoms with Crippen molar-refractivity contribution < 1.29 is 14.3 Å². The third kappa shape index (κ3) is 5.27. The maximum absolute atomic E-state index is 11.5. The third-order valence-electron chi connectivity index (χ3n) is 5.91. The van der Waals surface area contributed by atoms with Crippen molar-refractivity contribution in [3.63, 3.8) is 0 Å². The summed E-state index contributed by atoms with van der Waals surface area (Å²) in [4.78, 5) is 11.5. The van der Waals surface area contributed by atoms with E-state index in [1.165, 1.54) is 17.5 Å². The van der Waals surface area contributed by atoms with E-state index in [9.17, 15) is 4.79 Å². The van der Waals surface area contributed by atoms with E-state index in [0.717, 1.165) is 54.6 Å². The van der Waals surface area contributed by atoms with Crippen LogP contribution in [0.4, 0.5) is 5.69 Å². The van der Waals surface area contributed by atoms with Crippen LogP contribution in [-0.4, -0.2) is 32.7 Å². The molecule has 0 bridgehead atoms. The molecule has 1 heterocycles. The van der Waals surface area contributed by atoms with E-state index in [0.29, 0.717) is 24.9 Å². The molecule has 5 nitrogen and oxygen atoms in total. The number of ether oxygens (including phenoxy) is 2. The summed E-state index contributed by atoms with van der Waals surface area (Å²) in [6.07, 6.45) is 4.61. The van der Waals surface area contributed by atoms with E-state index in [-0.39, 0.29) is 5.91 Å². The Morgan fingerprint density at radius 1 is 1.17 bits per heavy atom. The van der Waals surface area contributed by atoms with Crippen LogP contribution in [-0.2, 0) is 11.2 Å². The van der Waals surface area contributed by atoms with Gasteiger partial charge in [0.2, 0.25) is 5.91 Å². The van der Waals surface area contributed by atoms with Crippen molar-refractivity contribution >= 4 is 23.2 Å². The lowest BCUT2D eigenvalue weighted by atomic mass is 10.0. The van der Waals surface area contributed by atoms with Crippen LogP contribution in [0.25, 0.3) is 0 Å². The lowest BCUT2D eigenvalue weighted by Crippen LogP contribution is -2.19. The molecule has 2 aliphatic rings. The zero-order chi connectivity index (χ0) is 20.9. The first-order chi connectivity index (χ1) is 14.6. The lowest BCUT2D eigenvalue weighted by Gasteiger charge is -2.17. The summed E-state index contributed by atoms with van der Waals surface area (Å²) in [5, 5.41) is 7.25. The van der Waals surface area contributed by atoms with Gasteiger partial charge in [0.25, 0.3) is 0 Å². The summed E-state index contributed by atoms with van der Waals surface area (Å²) >= 11 is 6.15. The topological polar surface area (TPSA) is 59.6 Å². The number of amides is 1. The van der Waals surface area contributed by atoms with Crippen molar-refractivity contribution in [1.29, 1.82) is 0 Å². The van der Waals surface area contributed by atoms with Gasteiger partial charge in [0.05, 0.1) is 13.7 Å². The Bertz CT molecular complexity index is 902. The Labute approximate surface area is 183 Å². The molecule has 1 amide bonds. The molecule has 1 fully saturated rings. The number of hydrogen-bond donors (Lipinski definition) is 2. The Hall–Kier alpha value is -2.24. The van der Waals surface area contributed by atoms with Gasteiger partial charge in [-0.05, 0) is 86.0 Å². The second-order valence-corrected chi connectivity index (χ2v) is 8.55. The number of methoxy groups -OCH3 is 1. The molecule has 2 aromatic rings. The average Bonchev–Trinajstić information content (AvgIpc) is 3.52. The number of carbonyl (C=O) groups is 1. The molecule has 0 spiro atoms. The SMILES string of the molecule is COc1ccc(Cl)cc1C1CC1CNCCCCOc1ccc2c(c1)NC(=O)CC2. The largest absolute Gasteiger partial charge is 0.496 e. The molecule has 0 saturated heterocycles. The van der Waals surface area contributed by atoms with Crippen molar-refractivity contribution in [2.75, 3.05) is 32.1 Å². The number of carbonyl (C=O) groups excluding carboxylic acids is 1. The van der Waals surface area contributed by atoms with Gasteiger partial charge in [-0.1, -0.05) is 17.7 Å². The van der Waals surface area contributed by atoms with Crippen LogP contribution < -0.4 is 20.1 Å². The van der Waals surface area contributed by atoms with E-state index >= 15 is 0 Å². The number of unbranched alkanes of at least 4 members (excludes halogenated alkanes) is 1. The number of rotatable bonds is 10. The number of nitrogens with one attached hydrogen (secondary N) is 2. The average molecular weight is 429 g/mol. The second kappa shape index (κ2) is 9.71. The molecule has 30 heavy (non-hydrogen) atoms. The predicted molar refractivity (Wildman–Crippen MR) is 120 cm³/mol. The fourth-order valence-corrected chi connectivity index (χ4v) is 4.30. The smallest absolute Gasteiger partial charge is 0.224 e. The zero-order valence-corrected chi connectivity index (χ0v) is 18.1. The van der Waals surface area contributed by atoms with Gasteiger partial charge in [-0.15, -0.1) is 0 Å². The van der Waals surface area contributed by atoms with Crippen LogP contribution >= 0.6 is 11.6 Å². The minimum atomic E-state index is 0.0810. The lowest BCUT2D eigenvalue weighted by molar-refractivity contribution is -0.116. The zero-order valence-electron chi connectivity index (χ0n) is 17.4. The summed E-state index contributed by atoms with van der Waals surface area (Å²) in [7, 11) is 1.71. The van der Waals surface area contributed by atoms with E-state index < -0.39 is 0 Å². The normalized spacial score (nSPS) is 19.7. The molecule has 2 unspecified atom stereocenters. The summed E-state index contributed by atoms with van der Waals surface area (Å²) < 4.78 is 11.3. The molecule has 2 N–H and O–H groups in total. The van der Waals surface area contributed by atoms with Crippen LogP contribution in [0, 0.1) is 5.92 Å². The highest BCUT2D eigenvalue weighted by molar-refractivity contribution is 6.30. The van der Waals surface area contributed by atoms with Crippen LogP contribution in [0.15, 0.2) is 36.4 Å². The number of hydrogen-bond acceptors (Lipinski definition) is 4. The quantitative estimate of drug-likeness (QED) is 0.534. The highest BCUT2D eigenvalue weighted by atomic mass is 35.5. The van der Waals surface area contributed by atoms with Gasteiger partial charge < -0.3 is 20.1 Å². The minimum absolute atomic E-state index is 0.0810. The maximum atomic E-state index is 11.5.